The number of carbonyl (C=O) groups is 3. The fourth-order valence-electron chi connectivity index (χ4n) is 6.06. The molecule has 2 fully saturated rings. The molecule has 1 aliphatic heterocycles. The molecule has 10 heteroatoms. The van der Waals surface area contributed by atoms with Gasteiger partial charge >= 0.3 is 6.09 Å². The van der Waals surface area contributed by atoms with E-state index >= 15 is 0 Å². The number of hydrogen-bond acceptors (Lipinski definition) is 7. The Bertz CT molecular complexity index is 1440. The highest BCUT2D eigenvalue weighted by Crippen LogP contribution is 2.44. The van der Waals surface area contributed by atoms with Crippen LogP contribution in [0.1, 0.15) is 58.4 Å². The first-order valence-electron chi connectivity index (χ1n) is 14.1. The topological polar surface area (TPSA) is 112 Å². The molecule has 2 aromatic carbocycles. The molecular formula is C31H38N4O6. The van der Waals surface area contributed by atoms with E-state index in [1.54, 1.807) is 58.1 Å². The van der Waals surface area contributed by atoms with E-state index in [2.05, 4.69) is 10.4 Å². The highest BCUT2D eigenvalue weighted by molar-refractivity contribution is 6.05. The summed E-state index contributed by atoms with van der Waals surface area (Å²) in [6.07, 6.45) is 4.40. The third kappa shape index (κ3) is 5.53. The number of likely N-dealkylation sites (tertiary alicyclic amines) is 1. The first-order chi connectivity index (χ1) is 19.6. The Hall–Kier alpha value is -3.92. The molecule has 2 heterocycles. The smallest absolute Gasteiger partial charge is 0.435 e. The number of nitrogens with one attached hydrogen (secondary N) is 1. The molecule has 1 saturated heterocycles. The standard InChI is InChI=1S/C31H38N4O6/c1-30(2,3)41-29(38)35-25-10-8-9-24(23(25)18-32-35)33-27(36)26-17-22(40-5)19-34(26)28(37)31(15-6-7-16-31)20-11-13-21(39-4)14-12-20/h8-14,18,22,26H,6-7,15-17,19H2,1-5H3,(H,33,36)/t22-,26-/m1/s1. The van der Waals surface area contributed by atoms with Gasteiger partial charge < -0.3 is 24.4 Å². The van der Waals surface area contributed by atoms with Gasteiger partial charge in [0.2, 0.25) is 11.8 Å². The van der Waals surface area contributed by atoms with E-state index < -0.39 is 23.2 Å². The van der Waals surface area contributed by atoms with Crippen molar-refractivity contribution >= 4 is 34.5 Å². The predicted molar refractivity (Wildman–Crippen MR) is 154 cm³/mol. The van der Waals surface area contributed by atoms with E-state index in [0.29, 0.717) is 29.6 Å². The third-order valence-electron chi connectivity index (χ3n) is 8.11. The number of rotatable bonds is 6. The summed E-state index contributed by atoms with van der Waals surface area (Å²) in [4.78, 5) is 42.6. The van der Waals surface area contributed by atoms with Crippen molar-refractivity contribution in [2.24, 2.45) is 0 Å². The zero-order valence-corrected chi connectivity index (χ0v) is 24.3. The molecule has 1 N–H and O–H groups in total. The summed E-state index contributed by atoms with van der Waals surface area (Å²) < 4.78 is 17.6. The van der Waals surface area contributed by atoms with Crippen molar-refractivity contribution in [3.05, 3.63) is 54.2 Å². The van der Waals surface area contributed by atoms with Crippen molar-refractivity contribution in [2.45, 2.75) is 76.0 Å². The number of nitrogens with zero attached hydrogens (tertiary/aromatic N) is 3. The maximum atomic E-state index is 14.4. The summed E-state index contributed by atoms with van der Waals surface area (Å²) >= 11 is 0. The molecule has 0 spiro atoms. The van der Waals surface area contributed by atoms with Crippen LogP contribution in [0.4, 0.5) is 10.5 Å². The van der Waals surface area contributed by atoms with Gasteiger partial charge in [-0.3, -0.25) is 9.59 Å². The second-order valence-corrected chi connectivity index (χ2v) is 11.8. The summed E-state index contributed by atoms with van der Waals surface area (Å²) in [5.74, 6) is 0.380. The molecule has 0 unspecified atom stereocenters. The van der Waals surface area contributed by atoms with Crippen molar-refractivity contribution in [3.63, 3.8) is 0 Å². The SMILES string of the molecule is COc1ccc(C2(C(=O)N3C[C@H](OC)C[C@@H]3C(=O)Nc3cccc4c3cnn4C(=O)OC(C)(C)C)CCCC2)cc1. The van der Waals surface area contributed by atoms with Crippen LogP contribution in [0, 0.1) is 0 Å². The Morgan fingerprint density at radius 2 is 1.73 bits per heavy atom. The van der Waals surface area contributed by atoms with Gasteiger partial charge in [0, 0.05) is 25.5 Å². The van der Waals surface area contributed by atoms with Crippen molar-refractivity contribution < 1.29 is 28.6 Å². The van der Waals surface area contributed by atoms with Crippen LogP contribution in [-0.4, -0.2) is 71.1 Å². The average Bonchev–Trinajstić information content (AvgIpc) is 3.71. The van der Waals surface area contributed by atoms with Crippen LogP contribution in [0.25, 0.3) is 10.9 Å². The average molecular weight is 563 g/mol. The van der Waals surface area contributed by atoms with Crippen molar-refractivity contribution in [1.82, 2.24) is 14.7 Å². The van der Waals surface area contributed by atoms with E-state index in [0.717, 1.165) is 37.0 Å². The maximum absolute atomic E-state index is 14.4. The molecule has 218 valence electrons. The molecular weight excluding hydrogens is 524 g/mol. The van der Waals surface area contributed by atoms with E-state index in [1.165, 1.54) is 10.9 Å². The van der Waals surface area contributed by atoms with Crippen LogP contribution >= 0.6 is 0 Å². The maximum Gasteiger partial charge on any atom is 0.435 e. The van der Waals surface area contributed by atoms with Crippen molar-refractivity contribution in [1.29, 1.82) is 0 Å². The van der Waals surface area contributed by atoms with Gasteiger partial charge in [-0.05, 0) is 63.4 Å². The zero-order chi connectivity index (χ0) is 29.4. The van der Waals surface area contributed by atoms with Gasteiger partial charge in [0.15, 0.2) is 0 Å². The third-order valence-corrected chi connectivity index (χ3v) is 8.11. The zero-order valence-electron chi connectivity index (χ0n) is 24.3. The van der Waals surface area contributed by atoms with Gasteiger partial charge in [0.05, 0.1) is 36.0 Å². The fourth-order valence-corrected chi connectivity index (χ4v) is 6.06. The van der Waals surface area contributed by atoms with Crippen molar-refractivity contribution in [2.75, 3.05) is 26.1 Å². The van der Waals surface area contributed by atoms with Crippen LogP contribution in [0.5, 0.6) is 5.75 Å². The Morgan fingerprint density at radius 3 is 2.37 bits per heavy atom. The van der Waals surface area contributed by atoms with Crippen LogP contribution in [0.15, 0.2) is 48.7 Å². The Kier molecular flexibility index (Phi) is 7.78. The van der Waals surface area contributed by atoms with Crippen molar-refractivity contribution in [3.8, 4) is 5.75 Å². The van der Waals surface area contributed by atoms with Crippen LogP contribution in [-0.2, 0) is 24.5 Å². The minimum Gasteiger partial charge on any atom is -0.497 e. The highest BCUT2D eigenvalue weighted by atomic mass is 16.6. The number of fused-ring (bicyclic) bond motifs is 1. The normalized spacial score (nSPS) is 20.3. The Morgan fingerprint density at radius 1 is 1.02 bits per heavy atom. The van der Waals surface area contributed by atoms with Gasteiger partial charge in [-0.2, -0.15) is 9.78 Å². The van der Waals surface area contributed by atoms with Gasteiger partial charge in [0.25, 0.3) is 0 Å². The number of anilines is 1. The summed E-state index contributed by atoms with van der Waals surface area (Å²) in [5, 5.41) is 7.82. The molecule has 0 bridgehead atoms. The molecule has 2 amide bonds. The number of amides is 2. The second kappa shape index (κ2) is 11.2. The van der Waals surface area contributed by atoms with Gasteiger partial charge in [-0.15, -0.1) is 0 Å². The van der Waals surface area contributed by atoms with Crippen LogP contribution in [0.2, 0.25) is 0 Å². The Labute approximate surface area is 239 Å². The van der Waals surface area contributed by atoms with Gasteiger partial charge in [-0.25, -0.2) is 4.79 Å². The first kappa shape index (κ1) is 28.6. The Balaban J connectivity index is 1.42. The minimum atomic E-state index is -0.709. The molecule has 1 saturated carbocycles. The monoisotopic (exact) mass is 562 g/mol. The second-order valence-electron chi connectivity index (χ2n) is 11.8. The lowest BCUT2D eigenvalue weighted by Crippen LogP contribution is -2.51. The minimum absolute atomic E-state index is 0.0455. The summed E-state index contributed by atoms with van der Waals surface area (Å²) in [7, 11) is 3.22. The molecule has 41 heavy (non-hydrogen) atoms. The molecule has 2 atom stereocenters. The summed E-state index contributed by atoms with van der Waals surface area (Å²) in [6.45, 7) is 5.70. The summed E-state index contributed by atoms with van der Waals surface area (Å²) in [5.41, 5.74) is 0.583. The van der Waals surface area contributed by atoms with Crippen LogP contribution in [0.3, 0.4) is 0 Å². The molecule has 1 aliphatic carbocycles. The van der Waals surface area contributed by atoms with Gasteiger partial charge in [0.1, 0.15) is 17.4 Å². The van der Waals surface area contributed by atoms with Crippen LogP contribution < -0.4 is 10.1 Å². The highest BCUT2D eigenvalue weighted by Gasteiger charge is 2.50. The quantitative estimate of drug-likeness (QED) is 0.455. The number of methoxy groups -OCH3 is 2. The predicted octanol–water partition coefficient (Wildman–Crippen LogP) is 4.89. The largest absolute Gasteiger partial charge is 0.497 e. The number of ether oxygens (including phenoxy) is 3. The van der Waals surface area contributed by atoms with E-state index in [-0.39, 0.29) is 17.9 Å². The number of hydrogen-bond donors (Lipinski definition) is 1. The molecule has 0 radical (unpaired) electrons. The number of carbonyl (C=O) groups excluding carboxylic acids is 3. The molecule has 3 aromatic rings. The number of benzene rings is 2. The lowest BCUT2D eigenvalue weighted by molar-refractivity contribution is -0.142. The summed E-state index contributed by atoms with van der Waals surface area (Å²) in [6, 6.07) is 12.2. The number of aromatic nitrogens is 2. The van der Waals surface area contributed by atoms with E-state index in [4.69, 9.17) is 14.2 Å². The molecule has 2 aliphatic rings. The van der Waals surface area contributed by atoms with E-state index in [1.807, 2.05) is 24.3 Å². The lowest BCUT2D eigenvalue weighted by atomic mass is 9.77. The molecule has 10 nitrogen and oxygen atoms in total. The molecule has 5 rings (SSSR count). The molecule has 1 aromatic heterocycles. The first-order valence-corrected chi connectivity index (χ1v) is 14.1. The van der Waals surface area contributed by atoms with Gasteiger partial charge in [-0.1, -0.05) is 31.0 Å². The van der Waals surface area contributed by atoms with E-state index in [9.17, 15) is 14.4 Å². The fraction of sp³-hybridized carbons (Fsp3) is 0.484. The lowest BCUT2D eigenvalue weighted by Gasteiger charge is -2.35.